The van der Waals surface area contributed by atoms with Gasteiger partial charge in [-0.15, -0.1) is 0 Å². The van der Waals surface area contributed by atoms with Gasteiger partial charge in [-0.05, 0) is 32.3 Å². The summed E-state index contributed by atoms with van der Waals surface area (Å²) < 4.78 is 8.24. The number of nitrogens with zero attached hydrogens (tertiary/aromatic N) is 2. The Morgan fingerprint density at radius 2 is 2.27 bits per heavy atom. The van der Waals surface area contributed by atoms with Gasteiger partial charge in [0.2, 0.25) is 0 Å². The van der Waals surface area contributed by atoms with Crippen LogP contribution < -0.4 is 0 Å². The van der Waals surface area contributed by atoms with Gasteiger partial charge in [-0.25, -0.2) is 0 Å². The van der Waals surface area contributed by atoms with E-state index in [2.05, 4.69) is 44.4 Å². The van der Waals surface area contributed by atoms with Crippen molar-refractivity contribution in [1.82, 2.24) is 9.78 Å². The first-order valence-electron chi connectivity index (χ1n) is 5.66. The van der Waals surface area contributed by atoms with Crippen molar-refractivity contribution in [2.45, 2.75) is 52.9 Å². The lowest BCUT2D eigenvalue weighted by atomic mass is 9.85. The number of fused-ring (bicyclic) bond motifs is 1. The molecule has 15 heavy (non-hydrogen) atoms. The zero-order valence-corrected chi connectivity index (χ0v) is 10.2. The van der Waals surface area contributed by atoms with E-state index in [0.717, 1.165) is 6.54 Å². The van der Waals surface area contributed by atoms with Gasteiger partial charge in [0.1, 0.15) is 5.60 Å². The van der Waals surface area contributed by atoms with E-state index in [0.29, 0.717) is 5.92 Å². The van der Waals surface area contributed by atoms with Crippen molar-refractivity contribution in [3.05, 3.63) is 17.5 Å². The van der Waals surface area contributed by atoms with Gasteiger partial charge in [0.05, 0.1) is 24.5 Å². The topological polar surface area (TPSA) is 27.1 Å². The lowest BCUT2D eigenvalue weighted by Gasteiger charge is -2.41. The molecule has 84 valence electrons. The van der Waals surface area contributed by atoms with E-state index in [1.807, 2.05) is 6.20 Å². The summed E-state index contributed by atoms with van der Waals surface area (Å²) in [5, 5.41) is 4.42. The van der Waals surface area contributed by atoms with Gasteiger partial charge in [0.25, 0.3) is 0 Å². The van der Waals surface area contributed by atoms with E-state index in [4.69, 9.17) is 4.74 Å². The highest BCUT2D eigenvalue weighted by atomic mass is 16.5. The Hall–Kier alpha value is -0.830. The van der Waals surface area contributed by atoms with Gasteiger partial charge in [-0.1, -0.05) is 13.8 Å². The molecule has 0 bridgehead atoms. The fourth-order valence-corrected chi connectivity index (χ4v) is 2.43. The van der Waals surface area contributed by atoms with Crippen LogP contribution in [-0.2, 0) is 16.9 Å². The molecule has 3 heteroatoms. The van der Waals surface area contributed by atoms with Crippen molar-refractivity contribution >= 4 is 0 Å². The molecule has 0 aliphatic carbocycles. The molecular weight excluding hydrogens is 188 g/mol. The summed E-state index contributed by atoms with van der Waals surface area (Å²) in [6, 6.07) is 0. The van der Waals surface area contributed by atoms with E-state index in [-0.39, 0.29) is 11.7 Å². The lowest BCUT2D eigenvalue weighted by Crippen LogP contribution is -2.44. The van der Waals surface area contributed by atoms with Crippen molar-refractivity contribution in [2.75, 3.05) is 0 Å². The third-order valence-electron chi connectivity index (χ3n) is 3.47. The maximum atomic E-state index is 6.14. The van der Waals surface area contributed by atoms with Gasteiger partial charge >= 0.3 is 0 Å². The number of hydrogen-bond acceptors (Lipinski definition) is 2. The second kappa shape index (κ2) is 3.34. The Kier molecular flexibility index (Phi) is 2.38. The molecule has 0 amide bonds. The minimum atomic E-state index is -0.196. The first kappa shape index (κ1) is 10.7. The molecule has 3 nitrogen and oxygen atoms in total. The van der Waals surface area contributed by atoms with Crippen molar-refractivity contribution in [1.29, 1.82) is 0 Å². The highest BCUT2D eigenvalue weighted by molar-refractivity contribution is 5.24. The first-order chi connectivity index (χ1) is 6.95. The van der Waals surface area contributed by atoms with Gasteiger partial charge in [-0.3, -0.25) is 4.68 Å². The molecule has 0 spiro atoms. The van der Waals surface area contributed by atoms with Crippen LogP contribution in [0.5, 0.6) is 0 Å². The number of ether oxygens (including phenoxy) is 1. The molecule has 2 unspecified atom stereocenters. The van der Waals surface area contributed by atoms with E-state index >= 15 is 0 Å². The third kappa shape index (κ3) is 1.49. The highest BCUT2D eigenvalue weighted by Crippen LogP contribution is 2.39. The maximum absolute atomic E-state index is 6.14. The van der Waals surface area contributed by atoms with Crippen LogP contribution in [0.3, 0.4) is 0 Å². The van der Waals surface area contributed by atoms with Crippen LogP contribution in [0.1, 0.15) is 39.0 Å². The molecule has 1 aromatic heterocycles. The van der Waals surface area contributed by atoms with Crippen LogP contribution in [0, 0.1) is 12.8 Å². The molecule has 1 aliphatic heterocycles. The molecule has 0 aromatic carbocycles. The molecule has 2 heterocycles. The fourth-order valence-electron chi connectivity index (χ4n) is 2.43. The molecule has 0 saturated heterocycles. The molecule has 0 saturated carbocycles. The number of aromatic nitrogens is 2. The lowest BCUT2D eigenvalue weighted by molar-refractivity contribution is -0.139. The highest BCUT2D eigenvalue weighted by Gasteiger charge is 2.41. The van der Waals surface area contributed by atoms with Gasteiger partial charge in [0, 0.05) is 0 Å². The second-order valence-corrected chi connectivity index (χ2v) is 5.05. The van der Waals surface area contributed by atoms with Crippen molar-refractivity contribution < 1.29 is 4.74 Å². The number of rotatable bonds is 1. The summed E-state index contributed by atoms with van der Waals surface area (Å²) in [7, 11) is 0. The summed E-state index contributed by atoms with van der Waals surface area (Å²) >= 11 is 0. The predicted octanol–water partition coefficient (Wildman–Crippen LogP) is 2.48. The van der Waals surface area contributed by atoms with E-state index in [1.165, 1.54) is 11.3 Å². The Bertz CT molecular complexity index is 370. The molecule has 2 atom stereocenters. The first-order valence-corrected chi connectivity index (χ1v) is 5.66. The Labute approximate surface area is 91.4 Å². The van der Waals surface area contributed by atoms with E-state index in [1.54, 1.807) is 0 Å². The molecule has 0 radical (unpaired) electrons. The average Bonchev–Trinajstić information content (AvgIpc) is 2.47. The van der Waals surface area contributed by atoms with Gasteiger partial charge in [0.15, 0.2) is 0 Å². The zero-order valence-electron chi connectivity index (χ0n) is 10.2. The van der Waals surface area contributed by atoms with Crippen molar-refractivity contribution in [3.8, 4) is 0 Å². The maximum Gasteiger partial charge on any atom is 0.110 e. The minimum Gasteiger partial charge on any atom is -0.364 e. The third-order valence-corrected chi connectivity index (χ3v) is 3.47. The molecule has 1 aromatic rings. The number of hydrogen-bond donors (Lipinski definition) is 0. The second-order valence-electron chi connectivity index (χ2n) is 5.05. The van der Waals surface area contributed by atoms with Crippen molar-refractivity contribution in [2.24, 2.45) is 5.92 Å². The van der Waals surface area contributed by atoms with Crippen molar-refractivity contribution in [3.63, 3.8) is 0 Å². The van der Waals surface area contributed by atoms with E-state index in [9.17, 15) is 0 Å². The summed E-state index contributed by atoms with van der Waals surface area (Å²) in [4.78, 5) is 0. The number of aryl methyl sites for hydroxylation is 1. The van der Waals surface area contributed by atoms with Crippen LogP contribution in [0.25, 0.3) is 0 Å². The summed E-state index contributed by atoms with van der Waals surface area (Å²) in [5.74, 6) is 0.453. The summed E-state index contributed by atoms with van der Waals surface area (Å²) in [6.45, 7) is 11.7. The molecule has 0 fully saturated rings. The SMILES string of the molecule is Cc1cnn2c1C(C)(C(C)C)OC(C)C2. The fraction of sp³-hybridized carbons (Fsp3) is 0.750. The van der Waals surface area contributed by atoms with Crippen LogP contribution in [0.15, 0.2) is 6.20 Å². The van der Waals surface area contributed by atoms with Gasteiger partial charge in [-0.2, -0.15) is 5.10 Å². The molecule has 2 rings (SSSR count). The summed E-state index contributed by atoms with van der Waals surface area (Å²) in [5.41, 5.74) is 2.28. The average molecular weight is 208 g/mol. The standard InChI is InChI=1S/C12H20N2O/c1-8(2)12(5)11-9(3)6-13-14(11)7-10(4)15-12/h6,8,10H,7H2,1-5H3. The van der Waals surface area contributed by atoms with Gasteiger partial charge < -0.3 is 4.74 Å². The smallest absolute Gasteiger partial charge is 0.110 e. The van der Waals surface area contributed by atoms with Crippen LogP contribution in [0.4, 0.5) is 0 Å². The van der Waals surface area contributed by atoms with Crippen LogP contribution >= 0.6 is 0 Å². The predicted molar refractivity (Wildman–Crippen MR) is 59.7 cm³/mol. The Morgan fingerprint density at radius 1 is 1.60 bits per heavy atom. The molecule has 1 aliphatic rings. The largest absolute Gasteiger partial charge is 0.364 e. The van der Waals surface area contributed by atoms with E-state index < -0.39 is 0 Å². The van der Waals surface area contributed by atoms with Crippen LogP contribution in [0.2, 0.25) is 0 Å². The minimum absolute atomic E-state index is 0.196. The quantitative estimate of drug-likeness (QED) is 0.709. The Balaban J connectivity index is 2.54. The summed E-state index contributed by atoms with van der Waals surface area (Å²) in [6.07, 6.45) is 2.18. The normalized spacial score (nSPS) is 30.7. The monoisotopic (exact) mass is 208 g/mol. The van der Waals surface area contributed by atoms with Crippen LogP contribution in [-0.4, -0.2) is 15.9 Å². The molecular formula is C12H20N2O. The zero-order chi connectivity index (χ0) is 11.2. The molecule has 0 N–H and O–H groups in total. The Morgan fingerprint density at radius 3 is 2.87 bits per heavy atom.